The number of esters is 1. The van der Waals surface area contributed by atoms with Crippen LogP contribution in [0.4, 0.5) is 0 Å². The van der Waals surface area contributed by atoms with Gasteiger partial charge < -0.3 is 9.47 Å². The highest BCUT2D eigenvalue weighted by atomic mass is 16.5. The molecule has 0 heterocycles. The number of hydrogen-bond donors (Lipinski definition) is 0. The van der Waals surface area contributed by atoms with E-state index in [9.17, 15) is 4.79 Å². The summed E-state index contributed by atoms with van der Waals surface area (Å²) in [6.45, 7) is 8.04. The van der Waals surface area contributed by atoms with Crippen molar-refractivity contribution in [1.82, 2.24) is 0 Å². The Balaban J connectivity index is 2.75. The quantitative estimate of drug-likeness (QED) is 0.591. The summed E-state index contributed by atoms with van der Waals surface area (Å²) in [6, 6.07) is 7.67. The Morgan fingerprint density at radius 1 is 1.28 bits per heavy atom. The Kier molecular flexibility index (Phi) is 5.43. The van der Waals surface area contributed by atoms with Gasteiger partial charge in [-0.05, 0) is 51.0 Å². The Labute approximate surface area is 108 Å². The Bertz CT molecular complexity index is 416. The fourth-order valence-electron chi connectivity index (χ4n) is 1.51. The number of allylic oxidation sites excluding steroid dienone is 1. The van der Waals surface area contributed by atoms with Crippen LogP contribution in [0.2, 0.25) is 0 Å². The molecule has 18 heavy (non-hydrogen) atoms. The third-order valence-electron chi connectivity index (χ3n) is 2.30. The summed E-state index contributed by atoms with van der Waals surface area (Å²) >= 11 is 0. The van der Waals surface area contributed by atoms with E-state index < -0.39 is 0 Å². The first-order valence-corrected chi connectivity index (χ1v) is 6.15. The second kappa shape index (κ2) is 6.84. The standard InChI is InChI=1S/C15H20O3/c1-5-17-15(16)10-12(4)13-6-8-14(9-7-13)18-11(2)3/h6-11H,5H2,1-4H3. The average molecular weight is 248 g/mol. The molecule has 0 unspecified atom stereocenters. The molecule has 0 aromatic heterocycles. The third kappa shape index (κ3) is 4.62. The highest BCUT2D eigenvalue weighted by molar-refractivity contribution is 5.90. The summed E-state index contributed by atoms with van der Waals surface area (Å²) in [6.07, 6.45) is 1.66. The monoisotopic (exact) mass is 248 g/mol. The second-order valence-electron chi connectivity index (χ2n) is 4.27. The Hall–Kier alpha value is -1.77. The van der Waals surface area contributed by atoms with Crippen LogP contribution in [0.1, 0.15) is 33.3 Å². The lowest BCUT2D eigenvalue weighted by Gasteiger charge is -2.10. The SMILES string of the molecule is CCOC(=O)C=C(C)c1ccc(OC(C)C)cc1. The zero-order chi connectivity index (χ0) is 13.5. The predicted octanol–water partition coefficient (Wildman–Crippen LogP) is 3.44. The molecule has 1 rings (SSSR count). The van der Waals surface area contributed by atoms with Gasteiger partial charge in [0.2, 0.25) is 0 Å². The molecule has 0 saturated heterocycles. The van der Waals surface area contributed by atoms with Gasteiger partial charge >= 0.3 is 5.97 Å². The predicted molar refractivity (Wildman–Crippen MR) is 72.5 cm³/mol. The molecule has 0 saturated carbocycles. The van der Waals surface area contributed by atoms with E-state index in [0.717, 1.165) is 16.9 Å². The van der Waals surface area contributed by atoms with Crippen molar-refractivity contribution >= 4 is 11.5 Å². The number of rotatable bonds is 5. The first kappa shape index (κ1) is 14.3. The summed E-state index contributed by atoms with van der Waals surface area (Å²) in [4.78, 5) is 11.3. The van der Waals surface area contributed by atoms with Crippen molar-refractivity contribution in [2.75, 3.05) is 6.61 Å². The molecule has 3 heteroatoms. The fraction of sp³-hybridized carbons (Fsp3) is 0.400. The molecule has 0 radical (unpaired) electrons. The van der Waals surface area contributed by atoms with Crippen molar-refractivity contribution in [3.63, 3.8) is 0 Å². The van der Waals surface area contributed by atoms with E-state index in [2.05, 4.69) is 0 Å². The molecule has 1 aromatic rings. The molecule has 3 nitrogen and oxygen atoms in total. The molecule has 0 aliphatic carbocycles. The number of carbonyl (C=O) groups excluding carboxylic acids is 1. The van der Waals surface area contributed by atoms with Crippen LogP contribution in [-0.2, 0) is 9.53 Å². The van der Waals surface area contributed by atoms with Crippen molar-refractivity contribution < 1.29 is 14.3 Å². The maximum atomic E-state index is 11.3. The summed E-state index contributed by atoms with van der Waals surface area (Å²) < 4.78 is 10.4. The lowest BCUT2D eigenvalue weighted by Crippen LogP contribution is -2.05. The zero-order valence-electron chi connectivity index (χ0n) is 11.4. The summed E-state index contributed by atoms with van der Waals surface area (Å²) in [5.74, 6) is 0.523. The molecule has 1 aromatic carbocycles. The van der Waals surface area contributed by atoms with E-state index in [1.807, 2.05) is 45.0 Å². The molecule has 0 atom stereocenters. The van der Waals surface area contributed by atoms with Crippen molar-refractivity contribution in [3.8, 4) is 5.75 Å². The number of ether oxygens (including phenoxy) is 2. The van der Waals surface area contributed by atoms with Gasteiger partial charge in [-0.25, -0.2) is 4.79 Å². The first-order chi connectivity index (χ1) is 8.52. The maximum Gasteiger partial charge on any atom is 0.331 e. The Morgan fingerprint density at radius 3 is 2.39 bits per heavy atom. The van der Waals surface area contributed by atoms with E-state index in [4.69, 9.17) is 9.47 Å². The normalized spacial score (nSPS) is 11.5. The topological polar surface area (TPSA) is 35.5 Å². The van der Waals surface area contributed by atoms with Crippen LogP contribution in [-0.4, -0.2) is 18.7 Å². The minimum absolute atomic E-state index is 0.159. The molecule has 0 amide bonds. The van der Waals surface area contributed by atoms with Crippen LogP contribution in [0.15, 0.2) is 30.3 Å². The van der Waals surface area contributed by atoms with Crippen LogP contribution < -0.4 is 4.74 Å². The fourth-order valence-corrected chi connectivity index (χ4v) is 1.51. The van der Waals surface area contributed by atoms with Gasteiger partial charge in [-0.15, -0.1) is 0 Å². The van der Waals surface area contributed by atoms with Crippen molar-refractivity contribution in [3.05, 3.63) is 35.9 Å². The largest absolute Gasteiger partial charge is 0.491 e. The highest BCUT2D eigenvalue weighted by Crippen LogP contribution is 2.19. The van der Waals surface area contributed by atoms with Gasteiger partial charge in [0, 0.05) is 6.08 Å². The van der Waals surface area contributed by atoms with E-state index >= 15 is 0 Å². The van der Waals surface area contributed by atoms with Crippen LogP contribution in [0.3, 0.4) is 0 Å². The molecule has 0 bridgehead atoms. The molecule has 0 N–H and O–H groups in total. The van der Waals surface area contributed by atoms with Crippen LogP contribution >= 0.6 is 0 Å². The zero-order valence-corrected chi connectivity index (χ0v) is 11.4. The van der Waals surface area contributed by atoms with Crippen molar-refractivity contribution in [2.45, 2.75) is 33.8 Å². The Morgan fingerprint density at radius 2 is 1.89 bits per heavy atom. The maximum absolute atomic E-state index is 11.3. The van der Waals surface area contributed by atoms with Crippen molar-refractivity contribution in [1.29, 1.82) is 0 Å². The van der Waals surface area contributed by atoms with Gasteiger partial charge in [0.25, 0.3) is 0 Å². The van der Waals surface area contributed by atoms with Gasteiger partial charge in [-0.1, -0.05) is 12.1 Å². The van der Waals surface area contributed by atoms with E-state index in [1.54, 1.807) is 6.92 Å². The van der Waals surface area contributed by atoms with Crippen molar-refractivity contribution in [2.24, 2.45) is 0 Å². The highest BCUT2D eigenvalue weighted by Gasteiger charge is 2.02. The van der Waals surface area contributed by atoms with Gasteiger partial charge in [0.1, 0.15) is 5.75 Å². The number of benzene rings is 1. The minimum Gasteiger partial charge on any atom is -0.491 e. The molecular formula is C15H20O3. The average Bonchev–Trinajstić information content (AvgIpc) is 2.29. The number of carbonyl (C=O) groups is 1. The van der Waals surface area contributed by atoms with Gasteiger partial charge in [0.05, 0.1) is 12.7 Å². The number of hydrogen-bond acceptors (Lipinski definition) is 3. The molecule has 0 aliphatic rings. The summed E-state index contributed by atoms with van der Waals surface area (Å²) in [5, 5.41) is 0. The van der Waals surface area contributed by atoms with Gasteiger partial charge in [-0.3, -0.25) is 0 Å². The van der Waals surface area contributed by atoms with E-state index in [1.165, 1.54) is 6.08 Å². The lowest BCUT2D eigenvalue weighted by atomic mass is 10.1. The minimum atomic E-state index is -0.308. The molecular weight excluding hydrogens is 228 g/mol. The smallest absolute Gasteiger partial charge is 0.331 e. The molecule has 0 spiro atoms. The second-order valence-corrected chi connectivity index (χ2v) is 4.27. The summed E-state index contributed by atoms with van der Waals surface area (Å²) in [5.41, 5.74) is 1.86. The molecule has 0 fully saturated rings. The summed E-state index contributed by atoms with van der Waals surface area (Å²) in [7, 11) is 0. The van der Waals surface area contributed by atoms with Gasteiger partial charge in [0.15, 0.2) is 0 Å². The van der Waals surface area contributed by atoms with E-state index in [0.29, 0.717) is 6.61 Å². The first-order valence-electron chi connectivity index (χ1n) is 6.15. The third-order valence-corrected chi connectivity index (χ3v) is 2.30. The van der Waals surface area contributed by atoms with Gasteiger partial charge in [-0.2, -0.15) is 0 Å². The van der Waals surface area contributed by atoms with Crippen LogP contribution in [0.25, 0.3) is 5.57 Å². The molecule has 0 aliphatic heterocycles. The van der Waals surface area contributed by atoms with Crippen LogP contribution in [0, 0.1) is 0 Å². The lowest BCUT2D eigenvalue weighted by molar-refractivity contribution is -0.137. The van der Waals surface area contributed by atoms with Crippen LogP contribution in [0.5, 0.6) is 5.75 Å². The van der Waals surface area contributed by atoms with E-state index in [-0.39, 0.29) is 12.1 Å². The molecule has 98 valence electrons.